The minimum Gasteiger partial charge on any atom is -0.499 e. The highest BCUT2D eigenvalue weighted by molar-refractivity contribution is 7.15. The fraction of sp³-hybridized carbons (Fsp3) is 0. The number of aromatic hydroxyl groups is 2. The first-order chi connectivity index (χ1) is 4.24. The minimum atomic E-state index is -0.130. The van der Waals surface area contributed by atoms with E-state index in [9.17, 15) is 0 Å². The molecule has 0 atom stereocenters. The molecular formula is C5H3NO2S. The zero-order valence-corrected chi connectivity index (χ0v) is 5.14. The maximum atomic E-state index is 8.77. The van der Waals surface area contributed by atoms with E-state index in [1.165, 1.54) is 6.07 Å². The van der Waals surface area contributed by atoms with Crippen LogP contribution in [0.5, 0.6) is 10.1 Å². The van der Waals surface area contributed by atoms with Gasteiger partial charge in [0, 0.05) is 6.07 Å². The van der Waals surface area contributed by atoms with E-state index in [1.54, 1.807) is 6.07 Å². The predicted octanol–water partition coefficient (Wildman–Crippen LogP) is 1.03. The average molecular weight is 141 g/mol. The fourth-order valence-electron chi connectivity index (χ4n) is 0.449. The number of rotatable bonds is 0. The molecule has 0 saturated carbocycles. The molecule has 0 unspecified atom stereocenters. The molecule has 0 aliphatic heterocycles. The summed E-state index contributed by atoms with van der Waals surface area (Å²) in [6, 6.07) is 2.94. The zero-order chi connectivity index (χ0) is 6.85. The van der Waals surface area contributed by atoms with Crippen molar-refractivity contribution in [2.45, 2.75) is 0 Å². The molecule has 0 fully saturated rings. The Labute approximate surface area is 55.4 Å². The smallest absolute Gasteiger partial charge is 0.192 e. The van der Waals surface area contributed by atoms with Gasteiger partial charge in [0.2, 0.25) is 0 Å². The lowest BCUT2D eigenvalue weighted by molar-refractivity contribution is 0.487. The van der Waals surface area contributed by atoms with Gasteiger partial charge in [0.05, 0.1) is 0 Å². The van der Waals surface area contributed by atoms with Crippen LogP contribution in [0.1, 0.15) is 5.56 Å². The Balaban J connectivity index is 3.20. The number of hydrogen-bond donors (Lipinski definition) is 2. The SMILES string of the molecule is N#Cc1cc(O)sc1O. The molecule has 0 aliphatic rings. The lowest BCUT2D eigenvalue weighted by Gasteiger charge is -1.76. The van der Waals surface area contributed by atoms with Gasteiger partial charge in [0.25, 0.3) is 0 Å². The van der Waals surface area contributed by atoms with E-state index in [1.807, 2.05) is 0 Å². The molecule has 0 bridgehead atoms. The molecule has 0 saturated heterocycles. The van der Waals surface area contributed by atoms with Crippen LogP contribution in [-0.2, 0) is 0 Å². The second kappa shape index (κ2) is 1.96. The molecule has 1 aromatic heterocycles. The number of thiophene rings is 1. The summed E-state index contributed by atoms with van der Waals surface area (Å²) in [4.78, 5) is 0. The lowest BCUT2D eigenvalue weighted by atomic mass is 10.4. The summed E-state index contributed by atoms with van der Waals surface area (Å²) in [5.41, 5.74) is 0.123. The van der Waals surface area contributed by atoms with Crippen LogP contribution in [0.25, 0.3) is 0 Å². The Morgan fingerprint density at radius 3 is 2.44 bits per heavy atom. The van der Waals surface area contributed by atoms with Gasteiger partial charge in [0.15, 0.2) is 10.1 Å². The Morgan fingerprint density at radius 2 is 2.22 bits per heavy atom. The molecule has 0 aliphatic carbocycles. The summed E-state index contributed by atoms with van der Waals surface area (Å²) in [5.74, 6) is 0. The van der Waals surface area contributed by atoms with Crippen LogP contribution >= 0.6 is 11.3 Å². The molecule has 1 heterocycles. The highest BCUT2D eigenvalue weighted by atomic mass is 32.1. The first kappa shape index (κ1) is 5.92. The number of nitriles is 1. The van der Waals surface area contributed by atoms with Gasteiger partial charge < -0.3 is 10.2 Å². The Kier molecular flexibility index (Phi) is 1.29. The summed E-state index contributed by atoms with van der Waals surface area (Å²) in [5, 5.41) is 25.5. The molecule has 1 aromatic rings. The molecular weight excluding hydrogens is 138 g/mol. The first-order valence-electron chi connectivity index (χ1n) is 2.16. The maximum absolute atomic E-state index is 8.77. The van der Waals surface area contributed by atoms with Gasteiger partial charge >= 0.3 is 0 Å². The van der Waals surface area contributed by atoms with Gasteiger partial charge in [-0.15, -0.1) is 0 Å². The predicted molar refractivity (Wildman–Crippen MR) is 32.4 cm³/mol. The van der Waals surface area contributed by atoms with Crippen molar-refractivity contribution in [1.29, 1.82) is 5.26 Å². The van der Waals surface area contributed by atoms with Gasteiger partial charge in [-0.2, -0.15) is 5.26 Å². The van der Waals surface area contributed by atoms with E-state index >= 15 is 0 Å². The van der Waals surface area contributed by atoms with Crippen molar-refractivity contribution in [2.24, 2.45) is 0 Å². The van der Waals surface area contributed by atoms with Crippen molar-refractivity contribution in [3.05, 3.63) is 11.6 Å². The van der Waals surface area contributed by atoms with Gasteiger partial charge in [-0.1, -0.05) is 11.3 Å². The molecule has 2 N–H and O–H groups in total. The van der Waals surface area contributed by atoms with Crippen LogP contribution in [0.3, 0.4) is 0 Å². The normalized spacial score (nSPS) is 8.78. The van der Waals surface area contributed by atoms with Crippen LogP contribution in [0, 0.1) is 11.3 Å². The maximum Gasteiger partial charge on any atom is 0.192 e. The van der Waals surface area contributed by atoms with Gasteiger partial charge in [-0.3, -0.25) is 0 Å². The van der Waals surface area contributed by atoms with Crippen LogP contribution in [0.15, 0.2) is 6.07 Å². The molecule has 0 spiro atoms. The quantitative estimate of drug-likeness (QED) is 0.567. The summed E-state index contributed by atoms with van der Waals surface area (Å²) >= 11 is 0.782. The lowest BCUT2D eigenvalue weighted by Crippen LogP contribution is -1.60. The third-order valence-electron chi connectivity index (χ3n) is 0.820. The number of nitrogens with zero attached hydrogens (tertiary/aromatic N) is 1. The van der Waals surface area contributed by atoms with E-state index in [-0.39, 0.29) is 15.7 Å². The second-order valence-corrected chi connectivity index (χ2v) is 2.42. The summed E-state index contributed by atoms with van der Waals surface area (Å²) in [6.45, 7) is 0. The molecule has 0 amide bonds. The van der Waals surface area contributed by atoms with Crippen LogP contribution in [0.2, 0.25) is 0 Å². The molecule has 1 rings (SSSR count). The molecule has 9 heavy (non-hydrogen) atoms. The van der Waals surface area contributed by atoms with Crippen molar-refractivity contribution in [3.8, 4) is 16.2 Å². The highest BCUT2D eigenvalue weighted by Crippen LogP contribution is 2.32. The Morgan fingerprint density at radius 1 is 1.56 bits per heavy atom. The van der Waals surface area contributed by atoms with Crippen molar-refractivity contribution in [2.75, 3.05) is 0 Å². The Bertz CT molecular complexity index is 260. The summed E-state index contributed by atoms with van der Waals surface area (Å²) in [7, 11) is 0. The molecule has 3 nitrogen and oxygen atoms in total. The topological polar surface area (TPSA) is 64.2 Å². The second-order valence-electron chi connectivity index (χ2n) is 1.42. The van der Waals surface area contributed by atoms with E-state index in [0.29, 0.717) is 0 Å². The fourth-order valence-corrected chi connectivity index (χ4v) is 1.04. The Hall–Kier alpha value is -1.21. The van der Waals surface area contributed by atoms with Gasteiger partial charge in [-0.25, -0.2) is 0 Å². The van der Waals surface area contributed by atoms with Crippen LogP contribution in [0.4, 0.5) is 0 Å². The van der Waals surface area contributed by atoms with Crippen LogP contribution in [-0.4, -0.2) is 10.2 Å². The van der Waals surface area contributed by atoms with Gasteiger partial charge in [-0.05, 0) is 0 Å². The zero-order valence-electron chi connectivity index (χ0n) is 4.33. The van der Waals surface area contributed by atoms with Gasteiger partial charge in [0.1, 0.15) is 11.6 Å². The van der Waals surface area contributed by atoms with Crippen molar-refractivity contribution < 1.29 is 10.2 Å². The van der Waals surface area contributed by atoms with E-state index in [4.69, 9.17) is 15.5 Å². The van der Waals surface area contributed by atoms with Crippen molar-refractivity contribution >= 4 is 11.3 Å². The molecule has 0 aromatic carbocycles. The van der Waals surface area contributed by atoms with Crippen molar-refractivity contribution in [3.63, 3.8) is 0 Å². The van der Waals surface area contributed by atoms with Crippen LogP contribution < -0.4 is 0 Å². The third-order valence-corrected chi connectivity index (χ3v) is 1.56. The average Bonchev–Trinajstić information content (AvgIpc) is 2.10. The van der Waals surface area contributed by atoms with Crippen molar-refractivity contribution in [1.82, 2.24) is 0 Å². The third kappa shape index (κ3) is 0.952. The standard InChI is InChI=1S/C5H3NO2S/c6-2-3-1-4(7)9-5(3)8/h1,7-8H. The minimum absolute atomic E-state index is 0.0379. The monoisotopic (exact) mass is 141 g/mol. The summed E-state index contributed by atoms with van der Waals surface area (Å²) < 4.78 is 0. The number of hydrogen-bond acceptors (Lipinski definition) is 4. The first-order valence-corrected chi connectivity index (χ1v) is 2.97. The van der Waals surface area contributed by atoms with E-state index in [0.717, 1.165) is 11.3 Å². The highest BCUT2D eigenvalue weighted by Gasteiger charge is 2.04. The molecule has 46 valence electrons. The van der Waals surface area contributed by atoms with E-state index < -0.39 is 0 Å². The van der Waals surface area contributed by atoms with E-state index in [2.05, 4.69) is 0 Å². The largest absolute Gasteiger partial charge is 0.499 e. The molecule has 4 heteroatoms. The molecule has 0 radical (unpaired) electrons. The summed E-state index contributed by atoms with van der Waals surface area (Å²) in [6.07, 6.45) is 0.